The molecule has 3 nitrogen and oxygen atoms in total. The monoisotopic (exact) mass is 319 g/mol. The average molecular weight is 320 g/mol. The number of nitrogens with one attached hydrogen (secondary N) is 1. The molecule has 2 rings (SSSR count). The van der Waals surface area contributed by atoms with Crippen LogP contribution in [0.25, 0.3) is 0 Å². The Kier molecular flexibility index (Phi) is 6.10. The Labute approximate surface area is 137 Å². The summed E-state index contributed by atoms with van der Waals surface area (Å²) in [6, 6.07) is 11.9. The van der Waals surface area contributed by atoms with Crippen LogP contribution in [0.5, 0.6) is 11.5 Å². The summed E-state index contributed by atoms with van der Waals surface area (Å²) >= 11 is 6.20. The predicted molar refractivity (Wildman–Crippen MR) is 91.1 cm³/mol. The zero-order valence-electron chi connectivity index (χ0n) is 13.3. The van der Waals surface area contributed by atoms with Gasteiger partial charge in [-0.15, -0.1) is 0 Å². The summed E-state index contributed by atoms with van der Waals surface area (Å²) in [5.41, 5.74) is 3.47. The molecule has 0 fully saturated rings. The number of methoxy groups -OCH3 is 2. The third kappa shape index (κ3) is 4.39. The number of rotatable bonds is 7. The molecule has 0 heterocycles. The van der Waals surface area contributed by atoms with Crippen molar-refractivity contribution in [2.45, 2.75) is 19.9 Å². The first kappa shape index (κ1) is 16.7. The predicted octanol–water partition coefficient (Wildman–Crippen LogP) is 4.00. The molecule has 0 aliphatic heterocycles. The number of aryl methyl sites for hydroxylation is 1. The summed E-state index contributed by atoms with van der Waals surface area (Å²) in [7, 11) is 3.36. The van der Waals surface area contributed by atoms with E-state index < -0.39 is 0 Å². The van der Waals surface area contributed by atoms with Crippen LogP contribution >= 0.6 is 11.6 Å². The van der Waals surface area contributed by atoms with Crippen molar-refractivity contribution in [1.29, 1.82) is 0 Å². The Morgan fingerprint density at radius 1 is 1.00 bits per heavy atom. The van der Waals surface area contributed by atoms with Crippen LogP contribution in [0.1, 0.15) is 16.7 Å². The molecule has 4 heteroatoms. The summed E-state index contributed by atoms with van der Waals surface area (Å²) in [4.78, 5) is 0. The third-order valence-corrected chi connectivity index (χ3v) is 3.94. The van der Waals surface area contributed by atoms with Gasteiger partial charge in [-0.2, -0.15) is 0 Å². The van der Waals surface area contributed by atoms with Gasteiger partial charge in [-0.1, -0.05) is 29.3 Å². The molecule has 0 saturated heterocycles. The number of halogens is 1. The van der Waals surface area contributed by atoms with Crippen LogP contribution in [0.15, 0.2) is 36.4 Å². The van der Waals surface area contributed by atoms with Crippen molar-refractivity contribution in [2.75, 3.05) is 20.8 Å². The first-order valence-corrected chi connectivity index (χ1v) is 7.68. The average Bonchev–Trinajstić information content (AvgIpc) is 2.54. The molecule has 0 radical (unpaired) electrons. The fraction of sp³-hybridized carbons (Fsp3) is 0.333. The minimum Gasteiger partial charge on any atom is -0.497 e. The molecular formula is C18H22ClNO2. The molecule has 2 aromatic rings. The maximum Gasteiger partial charge on any atom is 0.122 e. The van der Waals surface area contributed by atoms with E-state index in [1.54, 1.807) is 14.2 Å². The Morgan fingerprint density at radius 3 is 2.55 bits per heavy atom. The molecule has 0 aliphatic carbocycles. The summed E-state index contributed by atoms with van der Waals surface area (Å²) in [5, 5.41) is 4.23. The maximum absolute atomic E-state index is 6.20. The molecule has 0 saturated carbocycles. The lowest BCUT2D eigenvalue weighted by molar-refractivity contribution is 0.398. The van der Waals surface area contributed by atoms with Crippen LogP contribution in [0.2, 0.25) is 5.02 Å². The van der Waals surface area contributed by atoms with Gasteiger partial charge in [0.15, 0.2) is 0 Å². The normalized spacial score (nSPS) is 10.5. The second-order valence-corrected chi connectivity index (χ2v) is 5.61. The topological polar surface area (TPSA) is 30.5 Å². The van der Waals surface area contributed by atoms with E-state index in [2.05, 4.69) is 18.3 Å². The van der Waals surface area contributed by atoms with Crippen molar-refractivity contribution in [2.24, 2.45) is 0 Å². The van der Waals surface area contributed by atoms with Gasteiger partial charge < -0.3 is 14.8 Å². The first-order chi connectivity index (χ1) is 10.6. The Bertz CT molecular complexity index is 628. The van der Waals surface area contributed by atoms with Crippen molar-refractivity contribution in [1.82, 2.24) is 5.32 Å². The molecule has 1 N–H and O–H groups in total. The summed E-state index contributed by atoms with van der Waals surface area (Å²) in [6.07, 6.45) is 0.865. The highest BCUT2D eigenvalue weighted by molar-refractivity contribution is 6.31. The van der Waals surface area contributed by atoms with Gasteiger partial charge in [-0.3, -0.25) is 0 Å². The summed E-state index contributed by atoms with van der Waals surface area (Å²) < 4.78 is 10.7. The van der Waals surface area contributed by atoms with Crippen LogP contribution in [-0.4, -0.2) is 20.8 Å². The zero-order chi connectivity index (χ0) is 15.9. The quantitative estimate of drug-likeness (QED) is 0.783. The zero-order valence-corrected chi connectivity index (χ0v) is 14.0. The Hall–Kier alpha value is -1.71. The van der Waals surface area contributed by atoms with Gasteiger partial charge in [-0.05, 0) is 55.3 Å². The molecule has 0 spiro atoms. The van der Waals surface area contributed by atoms with Crippen LogP contribution in [0.3, 0.4) is 0 Å². The lowest BCUT2D eigenvalue weighted by Gasteiger charge is -2.11. The fourth-order valence-electron chi connectivity index (χ4n) is 2.36. The van der Waals surface area contributed by atoms with Gasteiger partial charge in [0.1, 0.15) is 11.5 Å². The van der Waals surface area contributed by atoms with Gasteiger partial charge in [-0.25, -0.2) is 0 Å². The summed E-state index contributed by atoms with van der Waals surface area (Å²) in [5.74, 6) is 1.73. The molecule has 0 bridgehead atoms. The molecule has 2 aromatic carbocycles. The number of ether oxygens (including phenoxy) is 2. The smallest absolute Gasteiger partial charge is 0.122 e. The van der Waals surface area contributed by atoms with Crippen LogP contribution in [0, 0.1) is 6.92 Å². The number of hydrogen-bond donors (Lipinski definition) is 1. The lowest BCUT2D eigenvalue weighted by atomic mass is 10.1. The fourth-order valence-corrected chi connectivity index (χ4v) is 2.55. The molecular weight excluding hydrogens is 298 g/mol. The van der Waals surface area contributed by atoms with Crippen molar-refractivity contribution >= 4 is 11.6 Å². The molecule has 0 unspecified atom stereocenters. The largest absolute Gasteiger partial charge is 0.497 e. The second kappa shape index (κ2) is 8.06. The van der Waals surface area contributed by atoms with Crippen molar-refractivity contribution in [3.8, 4) is 11.5 Å². The van der Waals surface area contributed by atoms with E-state index in [9.17, 15) is 0 Å². The lowest BCUT2D eigenvalue weighted by Crippen LogP contribution is -2.17. The second-order valence-electron chi connectivity index (χ2n) is 5.20. The highest BCUT2D eigenvalue weighted by atomic mass is 35.5. The molecule has 22 heavy (non-hydrogen) atoms. The molecule has 118 valence electrons. The van der Waals surface area contributed by atoms with Crippen molar-refractivity contribution in [3.05, 3.63) is 58.1 Å². The van der Waals surface area contributed by atoms with E-state index in [1.807, 2.05) is 30.3 Å². The maximum atomic E-state index is 6.20. The van der Waals surface area contributed by atoms with Crippen LogP contribution < -0.4 is 14.8 Å². The third-order valence-electron chi connectivity index (χ3n) is 3.58. The number of hydrogen-bond acceptors (Lipinski definition) is 3. The minimum absolute atomic E-state index is 0.757. The first-order valence-electron chi connectivity index (χ1n) is 7.30. The Balaban J connectivity index is 1.92. The van der Waals surface area contributed by atoms with E-state index in [1.165, 1.54) is 5.56 Å². The van der Waals surface area contributed by atoms with E-state index >= 15 is 0 Å². The molecule has 0 aliphatic rings. The highest BCUT2D eigenvalue weighted by Crippen LogP contribution is 2.24. The molecule has 0 atom stereocenters. The van der Waals surface area contributed by atoms with Crippen molar-refractivity contribution < 1.29 is 9.47 Å². The van der Waals surface area contributed by atoms with E-state index in [0.29, 0.717) is 0 Å². The van der Waals surface area contributed by atoms with Gasteiger partial charge in [0.25, 0.3) is 0 Å². The van der Waals surface area contributed by atoms with Gasteiger partial charge in [0, 0.05) is 11.6 Å². The van der Waals surface area contributed by atoms with Crippen LogP contribution in [-0.2, 0) is 13.0 Å². The van der Waals surface area contributed by atoms with Crippen LogP contribution in [0.4, 0.5) is 0 Å². The molecule has 0 amide bonds. The Morgan fingerprint density at radius 2 is 1.82 bits per heavy atom. The van der Waals surface area contributed by atoms with Gasteiger partial charge in [0.05, 0.1) is 14.2 Å². The number of benzene rings is 2. The van der Waals surface area contributed by atoms with E-state index in [0.717, 1.165) is 47.2 Å². The SMILES string of the molecule is COc1ccc(OC)c(CCNCc2cc(C)ccc2Cl)c1. The summed E-state index contributed by atoms with van der Waals surface area (Å²) in [6.45, 7) is 3.67. The highest BCUT2D eigenvalue weighted by Gasteiger charge is 2.05. The van der Waals surface area contributed by atoms with Gasteiger partial charge >= 0.3 is 0 Å². The van der Waals surface area contributed by atoms with E-state index in [-0.39, 0.29) is 0 Å². The van der Waals surface area contributed by atoms with Crippen molar-refractivity contribution in [3.63, 3.8) is 0 Å². The van der Waals surface area contributed by atoms with Gasteiger partial charge in [0.2, 0.25) is 0 Å². The minimum atomic E-state index is 0.757. The van der Waals surface area contributed by atoms with E-state index in [4.69, 9.17) is 21.1 Å². The molecule has 0 aromatic heterocycles. The standard InChI is InChI=1S/C18H22ClNO2/c1-13-4-6-17(19)15(10-13)12-20-9-8-14-11-16(21-2)5-7-18(14)22-3/h4-7,10-11,20H,8-9,12H2,1-3H3.